The van der Waals surface area contributed by atoms with Gasteiger partial charge in [-0.3, -0.25) is 9.59 Å². The number of ether oxygens (including phenoxy) is 10. The molecule has 2 aromatic rings. The third kappa shape index (κ3) is 10.7. The Bertz CT molecular complexity index is 2340. The molecule has 428 valence electrons. The van der Waals surface area contributed by atoms with Crippen LogP contribution in [0.3, 0.4) is 0 Å². The van der Waals surface area contributed by atoms with Gasteiger partial charge in [0.2, 0.25) is 12.6 Å². The van der Waals surface area contributed by atoms with Gasteiger partial charge in [-0.2, -0.15) is 0 Å². The summed E-state index contributed by atoms with van der Waals surface area (Å²) in [6.07, 6.45) is -20.6. The van der Waals surface area contributed by atoms with E-state index in [9.17, 15) is 80.5 Å². The molecule has 2 saturated heterocycles. The molecular formula is C52H64O26. The molecule has 20 unspecified atom stereocenters. The number of rotatable bonds is 16. The van der Waals surface area contributed by atoms with Crippen molar-refractivity contribution in [3.63, 3.8) is 0 Å². The lowest BCUT2D eigenvalue weighted by Crippen LogP contribution is -2.60. The van der Waals surface area contributed by atoms with Gasteiger partial charge in [-0.15, -0.1) is 0 Å². The van der Waals surface area contributed by atoms with Crippen molar-refractivity contribution in [1.29, 1.82) is 0 Å². The molecule has 0 bridgehead atoms. The summed E-state index contributed by atoms with van der Waals surface area (Å²) in [4.78, 5) is 55.8. The van der Waals surface area contributed by atoms with Crippen LogP contribution in [0.15, 0.2) is 72.2 Å². The molecule has 7 aliphatic rings. The molecule has 5 fully saturated rings. The first kappa shape index (κ1) is 57.1. The minimum Gasteiger partial charge on any atom is -0.508 e. The fraction of sp³-hybridized carbons (Fsp3) is 0.615. The van der Waals surface area contributed by atoms with Gasteiger partial charge >= 0.3 is 23.9 Å². The highest BCUT2D eigenvalue weighted by Crippen LogP contribution is 2.59. The molecule has 4 aliphatic heterocycles. The standard InChI is InChI=1S/C52H64O26/c1-69-45(65)25-15-73-49(77-51-43(63)41(61)39(59)31(13-53)75-51)35-23(25)11-29(57)27(35)17-71-47(67)37-33(19-3-7-21(55)8-4-19)38(34(37)20-5-9-22(56)10-6-20)48(68)72-18-28-30(58)12-24-26(46(66)70-2)16-74-50(36(24)28)78-52-44(64)42(62)40(60)32(14-54)76-52/h3-10,15-16,23-24,27-44,49-64H,11-14,17-18H2,1-2H3. The number of phenolic OH excluding ortho intramolecular Hbond substituents is 2. The van der Waals surface area contributed by atoms with E-state index in [1.807, 2.05) is 0 Å². The summed E-state index contributed by atoms with van der Waals surface area (Å²) in [5, 5.41) is 127. The summed E-state index contributed by atoms with van der Waals surface area (Å²) in [6.45, 7) is -2.65. The number of aromatic hydroxyl groups is 2. The van der Waals surface area contributed by atoms with Crippen molar-refractivity contribution >= 4 is 23.9 Å². The van der Waals surface area contributed by atoms with Crippen LogP contribution >= 0.6 is 0 Å². The average molecular weight is 1110 g/mol. The maximum Gasteiger partial charge on any atom is 0.337 e. The van der Waals surface area contributed by atoms with Crippen LogP contribution in [-0.4, -0.2) is 212 Å². The monoisotopic (exact) mass is 1100 g/mol. The van der Waals surface area contributed by atoms with Crippen molar-refractivity contribution in [2.75, 3.05) is 40.6 Å². The summed E-state index contributed by atoms with van der Waals surface area (Å²) in [6, 6.07) is 11.3. The van der Waals surface area contributed by atoms with Crippen molar-refractivity contribution in [3.05, 3.63) is 83.3 Å². The number of aliphatic hydroxyl groups excluding tert-OH is 10. The molecule has 0 aromatic heterocycles. The van der Waals surface area contributed by atoms with E-state index >= 15 is 0 Å². The van der Waals surface area contributed by atoms with Crippen LogP contribution in [0.2, 0.25) is 0 Å². The van der Waals surface area contributed by atoms with Crippen LogP contribution in [0, 0.1) is 47.3 Å². The van der Waals surface area contributed by atoms with Crippen LogP contribution in [0.25, 0.3) is 0 Å². The fourth-order valence-corrected chi connectivity index (χ4v) is 12.4. The Morgan fingerprint density at radius 3 is 1.21 bits per heavy atom. The highest BCUT2D eigenvalue weighted by atomic mass is 16.8. The first-order valence-corrected chi connectivity index (χ1v) is 25.4. The van der Waals surface area contributed by atoms with E-state index in [-0.39, 0.29) is 35.5 Å². The number of methoxy groups -OCH3 is 2. The lowest BCUT2D eigenvalue weighted by atomic mass is 9.52. The van der Waals surface area contributed by atoms with E-state index in [0.29, 0.717) is 11.1 Å². The number of hydrogen-bond donors (Lipinski definition) is 12. The Balaban J connectivity index is 0.983. The number of phenols is 2. The van der Waals surface area contributed by atoms with Crippen molar-refractivity contribution in [2.24, 2.45) is 47.3 Å². The molecule has 26 nitrogen and oxygen atoms in total. The van der Waals surface area contributed by atoms with E-state index < -0.39 is 196 Å². The molecule has 0 amide bonds. The van der Waals surface area contributed by atoms with Crippen molar-refractivity contribution in [2.45, 2.75) is 111 Å². The summed E-state index contributed by atoms with van der Waals surface area (Å²) in [5.74, 6) is -14.2. The van der Waals surface area contributed by atoms with E-state index in [4.69, 9.17) is 47.4 Å². The Kier molecular flexibility index (Phi) is 17.3. The topological polar surface area (TPSA) is 403 Å². The summed E-state index contributed by atoms with van der Waals surface area (Å²) in [7, 11) is 2.27. The first-order valence-electron chi connectivity index (χ1n) is 25.4. The van der Waals surface area contributed by atoms with E-state index in [0.717, 1.165) is 26.7 Å². The van der Waals surface area contributed by atoms with E-state index in [1.165, 1.54) is 48.5 Å². The maximum atomic E-state index is 14.9. The lowest BCUT2D eigenvalue weighted by molar-refractivity contribution is -0.343. The molecular weight excluding hydrogens is 1040 g/mol. The minimum atomic E-state index is -1.86. The fourth-order valence-electron chi connectivity index (χ4n) is 12.4. The number of carbonyl (C=O) groups is 4. The SMILES string of the molecule is COC(=O)C1=COC(OC2OC(CO)C(O)C(O)C2O)C2C1CC(O)C2COC(=O)C1C(c2ccc(O)cc2)C(C(=O)OCC2C(O)CC3C(C(=O)OC)=COC(OC4OC(CO)C(O)C(O)C4O)C32)C1c1ccc(O)cc1. The predicted molar refractivity (Wildman–Crippen MR) is 252 cm³/mol. The van der Waals surface area contributed by atoms with Crippen molar-refractivity contribution in [3.8, 4) is 11.5 Å². The quantitative estimate of drug-likeness (QED) is 0.0588. The largest absolute Gasteiger partial charge is 0.508 e. The molecule has 0 spiro atoms. The summed E-state index contributed by atoms with van der Waals surface area (Å²) >= 11 is 0. The van der Waals surface area contributed by atoms with Crippen LogP contribution in [0.5, 0.6) is 11.5 Å². The molecule has 4 heterocycles. The van der Waals surface area contributed by atoms with E-state index in [2.05, 4.69) is 0 Å². The zero-order chi connectivity index (χ0) is 56.0. The van der Waals surface area contributed by atoms with Crippen LogP contribution in [0.4, 0.5) is 0 Å². The third-order valence-corrected chi connectivity index (χ3v) is 16.5. The Morgan fingerprint density at radius 1 is 0.513 bits per heavy atom. The van der Waals surface area contributed by atoms with Gasteiger partial charge < -0.3 is 109 Å². The van der Waals surface area contributed by atoms with Gasteiger partial charge in [-0.05, 0) is 48.2 Å². The number of hydrogen-bond acceptors (Lipinski definition) is 26. The lowest BCUT2D eigenvalue weighted by Gasteiger charge is -2.50. The number of aliphatic hydroxyl groups is 10. The molecule has 9 rings (SSSR count). The van der Waals surface area contributed by atoms with Gasteiger partial charge in [0.1, 0.15) is 60.3 Å². The molecule has 0 radical (unpaired) electrons. The highest BCUT2D eigenvalue weighted by Gasteiger charge is 2.62. The van der Waals surface area contributed by atoms with Gasteiger partial charge in [-0.1, -0.05) is 24.3 Å². The minimum absolute atomic E-state index is 0.00181. The normalized spacial score (nSPS) is 40.8. The summed E-state index contributed by atoms with van der Waals surface area (Å²) in [5.41, 5.74) is 0.740. The molecule has 3 saturated carbocycles. The zero-order valence-electron chi connectivity index (χ0n) is 42.0. The second-order valence-electron chi connectivity index (χ2n) is 20.7. The Labute approximate surface area is 444 Å². The predicted octanol–water partition coefficient (Wildman–Crippen LogP) is -3.02. The van der Waals surface area contributed by atoms with Gasteiger partial charge in [0.05, 0.1) is 88.4 Å². The second kappa shape index (κ2) is 23.6. The molecule has 20 atom stereocenters. The number of benzene rings is 2. The number of fused-ring (bicyclic) bond motifs is 2. The number of carbonyl (C=O) groups excluding carboxylic acids is 4. The summed E-state index contributed by atoms with van der Waals surface area (Å²) < 4.78 is 56.9. The Morgan fingerprint density at radius 2 is 0.872 bits per heavy atom. The zero-order valence-corrected chi connectivity index (χ0v) is 42.0. The number of esters is 4. The third-order valence-electron chi connectivity index (χ3n) is 16.5. The van der Waals surface area contributed by atoms with Gasteiger partial charge in [-0.25, -0.2) is 9.59 Å². The van der Waals surface area contributed by atoms with Crippen LogP contribution in [-0.2, 0) is 66.5 Å². The van der Waals surface area contributed by atoms with Crippen LogP contribution < -0.4 is 0 Å². The molecule has 2 aromatic carbocycles. The second-order valence-corrected chi connectivity index (χ2v) is 20.7. The van der Waals surface area contributed by atoms with Crippen molar-refractivity contribution < 1.29 is 128 Å². The van der Waals surface area contributed by atoms with Gasteiger partial charge in [0.15, 0.2) is 12.6 Å². The molecule has 78 heavy (non-hydrogen) atoms. The van der Waals surface area contributed by atoms with E-state index in [1.54, 1.807) is 0 Å². The van der Waals surface area contributed by atoms with Gasteiger partial charge in [0, 0.05) is 47.3 Å². The maximum absolute atomic E-state index is 14.9. The highest BCUT2D eigenvalue weighted by molar-refractivity contribution is 5.89. The average Bonchev–Trinajstić information content (AvgIpc) is 4.07. The van der Waals surface area contributed by atoms with Gasteiger partial charge in [0.25, 0.3) is 0 Å². The van der Waals surface area contributed by atoms with Crippen LogP contribution in [0.1, 0.15) is 35.8 Å². The Hall–Kier alpha value is -5.56. The molecule has 3 aliphatic carbocycles. The van der Waals surface area contributed by atoms with Crippen molar-refractivity contribution in [1.82, 2.24) is 0 Å². The molecule has 26 heteroatoms. The first-order chi connectivity index (χ1) is 37.3. The smallest absolute Gasteiger partial charge is 0.337 e. The molecule has 12 N–H and O–H groups in total.